The van der Waals surface area contributed by atoms with E-state index in [1.165, 1.54) is 7.05 Å². The summed E-state index contributed by atoms with van der Waals surface area (Å²) in [7, 11) is 1.52. The van der Waals surface area contributed by atoms with Crippen LogP contribution in [-0.4, -0.2) is 32.3 Å². The Morgan fingerprint density at radius 1 is 1.17 bits per heavy atom. The highest BCUT2D eigenvalue weighted by Crippen LogP contribution is 2.28. The van der Waals surface area contributed by atoms with E-state index >= 15 is 0 Å². The van der Waals surface area contributed by atoms with Gasteiger partial charge >= 0.3 is 6.18 Å². The Labute approximate surface area is 157 Å². The maximum absolute atomic E-state index is 12.1. The first-order valence-corrected chi connectivity index (χ1v) is 7.30. The van der Waals surface area contributed by atoms with Gasteiger partial charge in [0.05, 0.1) is 6.42 Å². The summed E-state index contributed by atoms with van der Waals surface area (Å²) in [5, 5.41) is 6.35. The molecule has 1 aromatic rings. The van der Waals surface area contributed by atoms with Gasteiger partial charge in [-0.2, -0.15) is 13.2 Å². The molecular formula is C15H22ClF3IN3. The summed E-state index contributed by atoms with van der Waals surface area (Å²) in [5.74, 6) is 0.337. The molecule has 132 valence electrons. The van der Waals surface area contributed by atoms with E-state index < -0.39 is 12.6 Å². The average molecular weight is 464 g/mol. The predicted molar refractivity (Wildman–Crippen MR) is 99.9 cm³/mol. The van der Waals surface area contributed by atoms with E-state index in [-0.39, 0.29) is 35.9 Å². The average Bonchev–Trinajstić information content (AvgIpc) is 2.41. The lowest BCUT2D eigenvalue weighted by molar-refractivity contribution is -0.132. The van der Waals surface area contributed by atoms with E-state index in [1.807, 2.05) is 38.1 Å². The second-order valence-corrected chi connectivity index (χ2v) is 5.99. The highest BCUT2D eigenvalue weighted by atomic mass is 127. The monoisotopic (exact) mass is 463 g/mol. The summed E-state index contributed by atoms with van der Waals surface area (Å²) in [5.41, 5.74) is 0.676. The molecular weight excluding hydrogens is 442 g/mol. The Kier molecular flexibility index (Phi) is 9.27. The van der Waals surface area contributed by atoms with Crippen molar-refractivity contribution in [1.29, 1.82) is 0 Å². The van der Waals surface area contributed by atoms with Crippen molar-refractivity contribution < 1.29 is 13.2 Å². The van der Waals surface area contributed by atoms with Crippen molar-refractivity contribution in [2.24, 2.45) is 4.99 Å². The summed E-state index contributed by atoms with van der Waals surface area (Å²) in [6.45, 7) is 4.28. The number of halogens is 5. The molecule has 0 radical (unpaired) electrons. The van der Waals surface area contributed by atoms with Gasteiger partial charge in [0.2, 0.25) is 0 Å². The highest BCUT2D eigenvalue weighted by Gasteiger charge is 2.27. The summed E-state index contributed by atoms with van der Waals surface area (Å²) in [6.07, 6.45) is -5.08. The van der Waals surface area contributed by atoms with Gasteiger partial charge in [-0.05, 0) is 11.6 Å². The molecule has 0 aliphatic carbocycles. The maximum Gasteiger partial charge on any atom is 0.390 e. The van der Waals surface area contributed by atoms with Crippen LogP contribution in [0.3, 0.4) is 0 Å². The van der Waals surface area contributed by atoms with Gasteiger partial charge in [0, 0.05) is 30.6 Å². The Morgan fingerprint density at radius 2 is 1.78 bits per heavy atom. The molecule has 1 aromatic carbocycles. The number of guanidine groups is 1. The number of hydrogen-bond donors (Lipinski definition) is 2. The third kappa shape index (κ3) is 8.10. The summed E-state index contributed by atoms with van der Waals surface area (Å²) in [4.78, 5) is 3.92. The molecule has 0 saturated carbocycles. The van der Waals surface area contributed by atoms with Gasteiger partial charge in [0.25, 0.3) is 0 Å². The Morgan fingerprint density at radius 3 is 2.30 bits per heavy atom. The van der Waals surface area contributed by atoms with Crippen molar-refractivity contribution in [3.63, 3.8) is 0 Å². The molecule has 0 aliphatic heterocycles. The zero-order chi connectivity index (χ0) is 16.8. The quantitative estimate of drug-likeness (QED) is 0.387. The van der Waals surface area contributed by atoms with Gasteiger partial charge in [-0.3, -0.25) is 4.99 Å². The zero-order valence-electron chi connectivity index (χ0n) is 13.3. The fourth-order valence-corrected chi connectivity index (χ4v) is 2.34. The van der Waals surface area contributed by atoms with Crippen LogP contribution in [0.1, 0.15) is 25.8 Å². The minimum Gasteiger partial charge on any atom is -0.356 e. The standard InChI is InChI=1S/C15H21ClF3N3.HI/c1-14(2,11-6-4-5-7-12(11)16)10-22-13(20-3)21-9-8-15(17,18)19;/h4-7H,8-10H2,1-3H3,(H2,20,21,22);1H. The lowest BCUT2D eigenvalue weighted by Gasteiger charge is -2.27. The maximum atomic E-state index is 12.1. The summed E-state index contributed by atoms with van der Waals surface area (Å²) in [6, 6.07) is 7.51. The Hall–Kier alpha value is -0.700. The minimum atomic E-state index is -4.18. The van der Waals surface area contributed by atoms with E-state index in [9.17, 15) is 13.2 Å². The first-order chi connectivity index (χ1) is 10.2. The van der Waals surface area contributed by atoms with E-state index in [2.05, 4.69) is 15.6 Å². The van der Waals surface area contributed by atoms with E-state index in [0.29, 0.717) is 17.5 Å². The SMILES string of the molecule is CN=C(NCCC(F)(F)F)NCC(C)(C)c1ccccc1Cl.I. The summed E-state index contributed by atoms with van der Waals surface area (Å²) < 4.78 is 36.4. The van der Waals surface area contributed by atoms with Crippen molar-refractivity contribution in [2.75, 3.05) is 20.1 Å². The molecule has 0 unspecified atom stereocenters. The summed E-state index contributed by atoms with van der Waals surface area (Å²) >= 11 is 6.19. The van der Waals surface area contributed by atoms with Crippen molar-refractivity contribution in [1.82, 2.24) is 10.6 Å². The van der Waals surface area contributed by atoms with Crippen molar-refractivity contribution in [3.8, 4) is 0 Å². The van der Waals surface area contributed by atoms with Crippen LogP contribution in [0.15, 0.2) is 29.3 Å². The normalized spacial score (nSPS) is 12.6. The minimum absolute atomic E-state index is 0. The van der Waals surface area contributed by atoms with E-state index in [0.717, 1.165) is 5.56 Å². The molecule has 0 aliphatic rings. The van der Waals surface area contributed by atoms with Gasteiger partial charge in [-0.15, -0.1) is 24.0 Å². The van der Waals surface area contributed by atoms with Crippen LogP contribution in [0.2, 0.25) is 5.02 Å². The van der Waals surface area contributed by atoms with Gasteiger partial charge in [0.15, 0.2) is 5.96 Å². The Balaban J connectivity index is 0.00000484. The lowest BCUT2D eigenvalue weighted by Crippen LogP contribution is -2.44. The molecule has 0 heterocycles. The first-order valence-electron chi connectivity index (χ1n) is 6.92. The number of hydrogen-bond acceptors (Lipinski definition) is 1. The van der Waals surface area contributed by atoms with Crippen LogP contribution in [0.25, 0.3) is 0 Å². The molecule has 8 heteroatoms. The fourth-order valence-electron chi connectivity index (χ4n) is 1.95. The van der Waals surface area contributed by atoms with Gasteiger partial charge in [0.1, 0.15) is 0 Å². The third-order valence-corrected chi connectivity index (χ3v) is 3.55. The highest BCUT2D eigenvalue weighted by molar-refractivity contribution is 14.0. The van der Waals surface area contributed by atoms with Gasteiger partial charge < -0.3 is 10.6 Å². The molecule has 0 aromatic heterocycles. The molecule has 0 bridgehead atoms. The van der Waals surface area contributed by atoms with Crippen LogP contribution in [-0.2, 0) is 5.41 Å². The number of rotatable bonds is 5. The molecule has 0 atom stereocenters. The number of aliphatic imine (C=N–C) groups is 1. The third-order valence-electron chi connectivity index (χ3n) is 3.23. The second-order valence-electron chi connectivity index (χ2n) is 5.58. The van der Waals surface area contributed by atoms with Crippen LogP contribution in [0.4, 0.5) is 13.2 Å². The topological polar surface area (TPSA) is 36.4 Å². The number of alkyl halides is 3. The van der Waals surface area contributed by atoms with Crippen molar-refractivity contribution in [3.05, 3.63) is 34.9 Å². The fraction of sp³-hybridized carbons (Fsp3) is 0.533. The predicted octanol–water partition coefficient (Wildman–Crippen LogP) is 4.35. The lowest BCUT2D eigenvalue weighted by atomic mass is 9.84. The number of nitrogens with zero attached hydrogens (tertiary/aromatic N) is 1. The first kappa shape index (κ1) is 22.3. The largest absolute Gasteiger partial charge is 0.390 e. The number of nitrogens with one attached hydrogen (secondary N) is 2. The van der Waals surface area contributed by atoms with Crippen LogP contribution in [0.5, 0.6) is 0 Å². The molecule has 3 nitrogen and oxygen atoms in total. The molecule has 2 N–H and O–H groups in total. The van der Waals surface area contributed by atoms with Crippen LogP contribution in [0, 0.1) is 0 Å². The van der Waals surface area contributed by atoms with E-state index in [4.69, 9.17) is 11.6 Å². The zero-order valence-corrected chi connectivity index (χ0v) is 16.4. The second kappa shape index (κ2) is 9.56. The van der Waals surface area contributed by atoms with Crippen LogP contribution < -0.4 is 10.6 Å². The molecule has 0 spiro atoms. The molecule has 23 heavy (non-hydrogen) atoms. The molecule has 0 amide bonds. The van der Waals surface area contributed by atoms with Gasteiger partial charge in [-0.25, -0.2) is 0 Å². The number of benzene rings is 1. The van der Waals surface area contributed by atoms with Crippen molar-refractivity contribution >= 4 is 41.5 Å². The molecule has 0 fully saturated rings. The Bertz CT molecular complexity index is 519. The smallest absolute Gasteiger partial charge is 0.356 e. The van der Waals surface area contributed by atoms with Crippen molar-refractivity contribution in [2.45, 2.75) is 31.9 Å². The molecule has 0 saturated heterocycles. The van der Waals surface area contributed by atoms with Crippen LogP contribution >= 0.6 is 35.6 Å². The molecule has 1 rings (SSSR count). The van der Waals surface area contributed by atoms with Gasteiger partial charge in [-0.1, -0.05) is 43.6 Å². The van der Waals surface area contributed by atoms with E-state index in [1.54, 1.807) is 0 Å².